The second kappa shape index (κ2) is 9.80. The molecule has 206 valence electrons. The van der Waals surface area contributed by atoms with Crippen LogP contribution >= 0.6 is 0 Å². The average Bonchev–Trinajstić information content (AvgIpc) is 3.34. The van der Waals surface area contributed by atoms with Gasteiger partial charge in [-0.3, -0.25) is 14.6 Å². The lowest BCUT2D eigenvalue weighted by Crippen LogP contribution is -2.53. The number of aromatic nitrogens is 1. The molecular formula is C28H30F2N4O5. The van der Waals surface area contributed by atoms with Crippen LogP contribution in [0.4, 0.5) is 13.6 Å². The summed E-state index contributed by atoms with van der Waals surface area (Å²) >= 11 is 0. The van der Waals surface area contributed by atoms with E-state index in [1.54, 1.807) is 42.2 Å². The first-order chi connectivity index (χ1) is 18.7. The Kier molecular flexibility index (Phi) is 6.43. The number of benzene rings is 2. The number of hydrogen-bond acceptors (Lipinski definition) is 6. The van der Waals surface area contributed by atoms with Crippen LogP contribution in [0.5, 0.6) is 11.5 Å². The molecule has 0 spiro atoms. The molecule has 6 rings (SSSR count). The molecule has 0 radical (unpaired) electrons. The second-order valence-corrected chi connectivity index (χ2v) is 10.5. The number of fused-ring (bicyclic) bond motifs is 4. The quantitative estimate of drug-likeness (QED) is 0.444. The Labute approximate surface area is 223 Å². The molecular weight excluding hydrogens is 510 g/mol. The van der Waals surface area contributed by atoms with Crippen molar-refractivity contribution in [2.75, 3.05) is 39.4 Å². The Morgan fingerprint density at radius 2 is 1.95 bits per heavy atom. The molecule has 1 unspecified atom stereocenters. The van der Waals surface area contributed by atoms with E-state index in [1.807, 2.05) is 6.07 Å². The number of nitrogens with zero attached hydrogens (tertiary/aromatic N) is 3. The molecule has 4 heterocycles. The molecule has 2 N–H and O–H groups in total. The number of hydrogen-bond donors (Lipinski definition) is 2. The third-order valence-electron chi connectivity index (χ3n) is 8.06. The Morgan fingerprint density at radius 1 is 1.15 bits per heavy atom. The van der Waals surface area contributed by atoms with E-state index in [0.717, 1.165) is 29.9 Å². The van der Waals surface area contributed by atoms with Crippen molar-refractivity contribution in [1.82, 2.24) is 19.7 Å². The molecule has 39 heavy (non-hydrogen) atoms. The van der Waals surface area contributed by atoms with Gasteiger partial charge in [0.2, 0.25) is 0 Å². The van der Waals surface area contributed by atoms with Crippen molar-refractivity contribution in [2.24, 2.45) is 0 Å². The molecule has 9 nitrogen and oxygen atoms in total. The van der Waals surface area contributed by atoms with Crippen molar-refractivity contribution in [3.05, 3.63) is 59.3 Å². The third kappa shape index (κ3) is 4.49. The molecule has 2 atom stereocenters. The Bertz CT molecular complexity index is 1420. The van der Waals surface area contributed by atoms with Crippen molar-refractivity contribution in [1.29, 1.82) is 0 Å². The molecule has 2 aromatic carbocycles. The summed E-state index contributed by atoms with van der Waals surface area (Å²) in [6.45, 7) is 2.38. The number of phenolic OH excluding ortho intramolecular Hbond substituents is 1. The predicted octanol–water partition coefficient (Wildman–Crippen LogP) is 3.67. The fourth-order valence-corrected chi connectivity index (χ4v) is 6.20. The highest BCUT2D eigenvalue weighted by Gasteiger charge is 2.59. The molecule has 0 saturated carbocycles. The van der Waals surface area contributed by atoms with Crippen LogP contribution in [0.2, 0.25) is 0 Å². The molecule has 0 aliphatic carbocycles. The minimum Gasteiger partial charge on any atom is -0.508 e. The van der Waals surface area contributed by atoms with Crippen molar-refractivity contribution in [3.63, 3.8) is 0 Å². The predicted molar refractivity (Wildman–Crippen MR) is 138 cm³/mol. The molecule has 2 saturated heterocycles. The number of carbonyl (C=O) groups excluding carboxylic acids is 2. The van der Waals surface area contributed by atoms with Gasteiger partial charge in [-0.2, -0.15) is 8.78 Å². The topological polar surface area (TPSA) is 98.3 Å². The highest BCUT2D eigenvalue weighted by molar-refractivity contribution is 6.08. The first-order valence-electron chi connectivity index (χ1n) is 13.1. The van der Waals surface area contributed by atoms with Gasteiger partial charge in [0.1, 0.15) is 17.0 Å². The van der Waals surface area contributed by atoms with Crippen LogP contribution < -0.4 is 4.74 Å². The van der Waals surface area contributed by atoms with Gasteiger partial charge in [-0.1, -0.05) is 12.1 Å². The number of halogens is 2. The van der Waals surface area contributed by atoms with Crippen molar-refractivity contribution < 1.29 is 33.0 Å². The number of amides is 3. The monoisotopic (exact) mass is 540 g/mol. The summed E-state index contributed by atoms with van der Waals surface area (Å²) in [6, 6.07) is 10.6. The zero-order valence-electron chi connectivity index (χ0n) is 21.5. The van der Waals surface area contributed by atoms with E-state index >= 15 is 0 Å². The number of nitrogens with one attached hydrogen (secondary N) is 1. The summed E-state index contributed by atoms with van der Waals surface area (Å²) < 4.78 is 36.0. The Balaban J connectivity index is 1.40. The summed E-state index contributed by atoms with van der Waals surface area (Å²) in [4.78, 5) is 36.4. The number of H-pyrrole nitrogens is 1. The van der Waals surface area contributed by atoms with Crippen LogP contribution in [0.25, 0.3) is 10.9 Å². The SMILES string of the molecule is C[C@@]12Cc3c([nH]c4ccc(OC(F)F)cc34)C(Cc3cccc(O)c3)N1C(=O)N(CCN1CCOCC1)C2=O. The van der Waals surface area contributed by atoms with Crippen LogP contribution in [0.1, 0.15) is 29.8 Å². The van der Waals surface area contributed by atoms with Gasteiger partial charge < -0.3 is 24.5 Å². The number of alkyl halides is 2. The average molecular weight is 541 g/mol. The summed E-state index contributed by atoms with van der Waals surface area (Å²) in [5.74, 6) is -0.147. The zero-order chi connectivity index (χ0) is 27.3. The van der Waals surface area contributed by atoms with Crippen LogP contribution in [0, 0.1) is 0 Å². The number of ether oxygens (including phenoxy) is 2. The maximum Gasteiger partial charge on any atom is 0.387 e. The van der Waals surface area contributed by atoms with E-state index in [9.17, 15) is 23.5 Å². The molecule has 2 fully saturated rings. The first-order valence-corrected chi connectivity index (χ1v) is 13.1. The van der Waals surface area contributed by atoms with Gasteiger partial charge in [0.15, 0.2) is 0 Å². The summed E-state index contributed by atoms with van der Waals surface area (Å²) in [5.41, 5.74) is 1.88. The van der Waals surface area contributed by atoms with Crippen molar-refractivity contribution in [2.45, 2.75) is 38.0 Å². The first kappa shape index (κ1) is 25.6. The number of aromatic amines is 1. The Hall–Kier alpha value is -3.70. The standard InChI is InChI=1S/C28H30F2N4O5/c1-28-16-21-20-15-19(39-26(29)30)5-6-22(20)31-24(21)23(14-17-3-2-4-18(35)13-17)34(28)27(37)33(25(28)36)8-7-32-9-11-38-12-10-32/h2-6,13,15,23,26,31,35H,7-12,14,16H2,1H3/t23?,28-/m0/s1. The fourth-order valence-electron chi connectivity index (χ4n) is 6.20. The minimum atomic E-state index is -2.96. The molecule has 11 heteroatoms. The lowest BCUT2D eigenvalue weighted by molar-refractivity contribution is -0.133. The van der Waals surface area contributed by atoms with Crippen LogP contribution in [0.15, 0.2) is 42.5 Å². The van der Waals surface area contributed by atoms with Crippen molar-refractivity contribution in [3.8, 4) is 11.5 Å². The number of aromatic hydroxyl groups is 1. The molecule has 3 aliphatic rings. The zero-order valence-corrected chi connectivity index (χ0v) is 21.5. The van der Waals surface area contributed by atoms with E-state index in [1.165, 1.54) is 11.0 Å². The summed E-state index contributed by atoms with van der Waals surface area (Å²) in [5, 5.41) is 10.8. The largest absolute Gasteiger partial charge is 0.508 e. The van der Waals surface area contributed by atoms with Gasteiger partial charge in [-0.15, -0.1) is 0 Å². The maximum absolute atomic E-state index is 13.9. The van der Waals surface area contributed by atoms with Gasteiger partial charge in [0.05, 0.1) is 19.3 Å². The molecule has 1 aromatic heterocycles. The number of morpholine rings is 1. The van der Waals surface area contributed by atoms with E-state index in [4.69, 9.17) is 4.74 Å². The van der Waals surface area contributed by atoms with Gasteiger partial charge in [-0.05, 0) is 54.8 Å². The smallest absolute Gasteiger partial charge is 0.387 e. The number of rotatable bonds is 7. The normalized spacial score (nSPS) is 23.5. The highest BCUT2D eigenvalue weighted by Crippen LogP contribution is 2.48. The maximum atomic E-state index is 13.9. The lowest BCUT2D eigenvalue weighted by Gasteiger charge is -2.42. The lowest BCUT2D eigenvalue weighted by atomic mass is 9.81. The summed E-state index contributed by atoms with van der Waals surface area (Å²) in [7, 11) is 0. The summed E-state index contributed by atoms with van der Waals surface area (Å²) in [6.07, 6.45) is 0.580. The molecule has 0 bridgehead atoms. The van der Waals surface area contributed by atoms with Gasteiger partial charge in [0, 0.05) is 49.2 Å². The second-order valence-electron chi connectivity index (χ2n) is 10.5. The highest BCUT2D eigenvalue weighted by atomic mass is 19.3. The van der Waals surface area contributed by atoms with E-state index in [0.29, 0.717) is 37.1 Å². The molecule has 3 aromatic rings. The van der Waals surface area contributed by atoms with E-state index in [2.05, 4.69) is 14.6 Å². The van der Waals surface area contributed by atoms with Gasteiger partial charge in [-0.25, -0.2) is 4.79 Å². The van der Waals surface area contributed by atoms with Gasteiger partial charge >= 0.3 is 12.6 Å². The minimum absolute atomic E-state index is 0.0253. The van der Waals surface area contributed by atoms with Gasteiger partial charge in [0.25, 0.3) is 5.91 Å². The van der Waals surface area contributed by atoms with E-state index < -0.39 is 18.2 Å². The molecule has 3 aliphatic heterocycles. The number of phenols is 1. The molecule has 3 amide bonds. The van der Waals surface area contributed by atoms with Crippen LogP contribution in [-0.4, -0.2) is 88.3 Å². The number of carbonyl (C=O) groups is 2. The van der Waals surface area contributed by atoms with Crippen molar-refractivity contribution >= 4 is 22.8 Å². The van der Waals surface area contributed by atoms with Crippen LogP contribution in [-0.2, 0) is 22.4 Å². The number of urea groups is 1. The Morgan fingerprint density at radius 3 is 2.69 bits per heavy atom. The number of imide groups is 1. The fraction of sp³-hybridized carbons (Fsp3) is 0.429. The van der Waals surface area contributed by atoms with Crippen LogP contribution in [0.3, 0.4) is 0 Å². The van der Waals surface area contributed by atoms with E-state index in [-0.39, 0.29) is 36.4 Å². The third-order valence-corrected chi connectivity index (χ3v) is 8.06.